The maximum atomic E-state index is 12.2. The first-order valence-electron chi connectivity index (χ1n) is 5.98. The van der Waals surface area contributed by atoms with Gasteiger partial charge in [-0.3, -0.25) is 4.79 Å². The third kappa shape index (κ3) is 2.44. The number of H-pyrrole nitrogens is 1. The van der Waals surface area contributed by atoms with E-state index in [2.05, 4.69) is 26.2 Å². The van der Waals surface area contributed by atoms with E-state index in [1.54, 1.807) is 18.2 Å². The number of fused-ring (bicyclic) bond motifs is 1. The van der Waals surface area contributed by atoms with Crippen LogP contribution < -0.4 is 5.32 Å². The molecule has 0 radical (unpaired) electrons. The second kappa shape index (κ2) is 5.31. The van der Waals surface area contributed by atoms with Crippen LogP contribution in [0.4, 0.5) is 5.69 Å². The predicted octanol–water partition coefficient (Wildman–Crippen LogP) is 4.84. The van der Waals surface area contributed by atoms with Crippen molar-refractivity contribution >= 4 is 50.0 Å². The number of benzene rings is 2. The molecule has 0 atom stereocenters. The van der Waals surface area contributed by atoms with E-state index in [1.165, 1.54) is 0 Å². The fourth-order valence-electron chi connectivity index (χ4n) is 1.99. The molecular formula is C15H10BrClN2O. The van der Waals surface area contributed by atoms with Crippen LogP contribution in [0, 0.1) is 0 Å². The molecule has 0 saturated carbocycles. The number of rotatable bonds is 2. The molecule has 0 aliphatic heterocycles. The summed E-state index contributed by atoms with van der Waals surface area (Å²) in [6.07, 6.45) is 0. The van der Waals surface area contributed by atoms with Crippen LogP contribution >= 0.6 is 27.5 Å². The average Bonchev–Trinajstić information content (AvgIpc) is 2.88. The third-order valence-corrected chi connectivity index (χ3v) is 4.37. The van der Waals surface area contributed by atoms with Gasteiger partial charge in [0.2, 0.25) is 0 Å². The second-order valence-corrected chi connectivity index (χ2v) is 5.53. The van der Waals surface area contributed by atoms with E-state index in [9.17, 15) is 4.79 Å². The monoisotopic (exact) mass is 348 g/mol. The fourth-order valence-corrected chi connectivity index (χ4v) is 2.52. The molecule has 0 bridgehead atoms. The first kappa shape index (κ1) is 13.2. The topological polar surface area (TPSA) is 44.9 Å². The Morgan fingerprint density at radius 1 is 1.15 bits per heavy atom. The lowest BCUT2D eigenvalue weighted by Gasteiger charge is -2.07. The normalized spacial score (nSPS) is 10.7. The fraction of sp³-hybridized carbons (Fsp3) is 0. The zero-order valence-corrected chi connectivity index (χ0v) is 12.6. The molecule has 0 aliphatic rings. The lowest BCUT2D eigenvalue weighted by Crippen LogP contribution is -2.12. The number of aromatic nitrogens is 1. The first-order valence-corrected chi connectivity index (χ1v) is 7.15. The van der Waals surface area contributed by atoms with Gasteiger partial charge in [-0.15, -0.1) is 0 Å². The largest absolute Gasteiger partial charge is 0.351 e. The van der Waals surface area contributed by atoms with E-state index < -0.39 is 0 Å². The molecule has 0 unspecified atom stereocenters. The van der Waals surface area contributed by atoms with Crippen molar-refractivity contribution in [2.24, 2.45) is 0 Å². The molecule has 5 heteroatoms. The van der Waals surface area contributed by atoms with E-state index >= 15 is 0 Å². The van der Waals surface area contributed by atoms with Crippen molar-refractivity contribution in [2.45, 2.75) is 0 Å². The van der Waals surface area contributed by atoms with Gasteiger partial charge < -0.3 is 10.3 Å². The predicted molar refractivity (Wildman–Crippen MR) is 85.4 cm³/mol. The standard InChI is InChI=1S/C15H10BrClN2O/c16-14-10(17)5-3-7-12(14)19-15(20)13-8-9-4-1-2-6-11(9)18-13/h1-8,18H,(H,19,20). The minimum atomic E-state index is -0.204. The van der Waals surface area contributed by atoms with Crippen LogP contribution in [0.1, 0.15) is 10.5 Å². The van der Waals surface area contributed by atoms with Crippen LogP contribution in [-0.2, 0) is 0 Å². The Hall–Kier alpha value is -1.78. The molecule has 2 N–H and O–H groups in total. The molecule has 0 spiro atoms. The van der Waals surface area contributed by atoms with Crippen molar-refractivity contribution in [3.8, 4) is 0 Å². The van der Waals surface area contributed by atoms with Crippen molar-refractivity contribution in [1.82, 2.24) is 4.98 Å². The van der Waals surface area contributed by atoms with Gasteiger partial charge in [0, 0.05) is 10.9 Å². The smallest absolute Gasteiger partial charge is 0.272 e. The molecule has 20 heavy (non-hydrogen) atoms. The third-order valence-electron chi connectivity index (χ3n) is 2.97. The molecule has 3 rings (SSSR count). The summed E-state index contributed by atoms with van der Waals surface area (Å²) in [5, 5.41) is 4.38. The van der Waals surface area contributed by atoms with Crippen LogP contribution in [0.15, 0.2) is 53.0 Å². The number of carbonyl (C=O) groups excluding carboxylic acids is 1. The Bertz CT molecular complexity index is 764. The van der Waals surface area contributed by atoms with E-state index in [4.69, 9.17) is 11.6 Å². The molecule has 3 aromatic rings. The van der Waals surface area contributed by atoms with Gasteiger partial charge in [-0.25, -0.2) is 0 Å². The van der Waals surface area contributed by atoms with E-state index in [0.29, 0.717) is 20.9 Å². The SMILES string of the molecule is O=C(Nc1cccc(Cl)c1Br)c1cc2ccccc2[nH]1. The highest BCUT2D eigenvalue weighted by Gasteiger charge is 2.12. The van der Waals surface area contributed by atoms with Crippen LogP contribution in [-0.4, -0.2) is 10.9 Å². The van der Waals surface area contributed by atoms with Gasteiger partial charge in [0.25, 0.3) is 5.91 Å². The van der Waals surface area contributed by atoms with Crippen LogP contribution in [0.2, 0.25) is 5.02 Å². The van der Waals surface area contributed by atoms with Gasteiger partial charge in [-0.05, 0) is 40.2 Å². The molecule has 3 nitrogen and oxygen atoms in total. The Balaban J connectivity index is 1.91. The molecule has 100 valence electrons. The number of hydrogen-bond acceptors (Lipinski definition) is 1. The molecular weight excluding hydrogens is 340 g/mol. The van der Waals surface area contributed by atoms with E-state index in [1.807, 2.05) is 30.3 Å². The lowest BCUT2D eigenvalue weighted by atomic mass is 10.2. The maximum Gasteiger partial charge on any atom is 0.272 e. The average molecular weight is 350 g/mol. The highest BCUT2D eigenvalue weighted by Crippen LogP contribution is 2.30. The second-order valence-electron chi connectivity index (χ2n) is 4.33. The van der Waals surface area contributed by atoms with Crippen molar-refractivity contribution in [3.63, 3.8) is 0 Å². The van der Waals surface area contributed by atoms with Crippen molar-refractivity contribution in [2.75, 3.05) is 5.32 Å². The van der Waals surface area contributed by atoms with Gasteiger partial charge in [0.1, 0.15) is 5.69 Å². The van der Waals surface area contributed by atoms with Crippen LogP contribution in [0.25, 0.3) is 10.9 Å². The Morgan fingerprint density at radius 3 is 2.75 bits per heavy atom. The summed E-state index contributed by atoms with van der Waals surface area (Å²) in [6, 6.07) is 14.9. The number of nitrogens with one attached hydrogen (secondary N) is 2. The van der Waals surface area contributed by atoms with Gasteiger partial charge >= 0.3 is 0 Å². The van der Waals surface area contributed by atoms with Crippen molar-refractivity contribution < 1.29 is 4.79 Å². The number of para-hydroxylation sites is 1. The summed E-state index contributed by atoms with van der Waals surface area (Å²) in [5.41, 5.74) is 2.09. The molecule has 1 amide bonds. The summed E-state index contributed by atoms with van der Waals surface area (Å²) >= 11 is 9.36. The Labute approximate surface area is 129 Å². The van der Waals surface area contributed by atoms with Crippen LogP contribution in [0.3, 0.4) is 0 Å². The quantitative estimate of drug-likeness (QED) is 0.683. The van der Waals surface area contributed by atoms with Gasteiger partial charge in [0.05, 0.1) is 15.2 Å². The summed E-state index contributed by atoms with van der Waals surface area (Å²) in [4.78, 5) is 15.3. The number of amides is 1. The Morgan fingerprint density at radius 2 is 1.95 bits per heavy atom. The molecule has 1 heterocycles. The molecule has 0 saturated heterocycles. The summed E-state index contributed by atoms with van der Waals surface area (Å²) in [5.74, 6) is -0.204. The van der Waals surface area contributed by atoms with Gasteiger partial charge in [0.15, 0.2) is 0 Å². The van der Waals surface area contributed by atoms with E-state index in [-0.39, 0.29) is 5.91 Å². The summed E-state index contributed by atoms with van der Waals surface area (Å²) < 4.78 is 0.672. The maximum absolute atomic E-state index is 12.2. The zero-order chi connectivity index (χ0) is 14.1. The molecule has 0 aliphatic carbocycles. The summed E-state index contributed by atoms with van der Waals surface area (Å²) in [7, 11) is 0. The highest BCUT2D eigenvalue weighted by molar-refractivity contribution is 9.10. The number of anilines is 1. The molecule has 0 fully saturated rings. The first-order chi connectivity index (χ1) is 9.65. The number of carbonyl (C=O) groups is 1. The van der Waals surface area contributed by atoms with Crippen molar-refractivity contribution in [3.05, 3.63) is 63.7 Å². The zero-order valence-electron chi connectivity index (χ0n) is 10.3. The highest BCUT2D eigenvalue weighted by atomic mass is 79.9. The number of aromatic amines is 1. The minimum Gasteiger partial charge on any atom is -0.351 e. The van der Waals surface area contributed by atoms with E-state index in [0.717, 1.165) is 10.9 Å². The van der Waals surface area contributed by atoms with Crippen LogP contribution in [0.5, 0.6) is 0 Å². The number of hydrogen-bond donors (Lipinski definition) is 2. The lowest BCUT2D eigenvalue weighted by molar-refractivity contribution is 0.102. The molecule has 1 aromatic heterocycles. The van der Waals surface area contributed by atoms with Gasteiger partial charge in [-0.2, -0.15) is 0 Å². The van der Waals surface area contributed by atoms with Gasteiger partial charge in [-0.1, -0.05) is 35.9 Å². The molecule has 2 aromatic carbocycles. The Kier molecular flexibility index (Phi) is 3.51. The van der Waals surface area contributed by atoms with Crippen molar-refractivity contribution in [1.29, 1.82) is 0 Å². The minimum absolute atomic E-state index is 0.204. The summed E-state index contributed by atoms with van der Waals surface area (Å²) in [6.45, 7) is 0. The number of halogens is 2.